The molecule has 0 rings (SSSR count). The van der Waals surface area contributed by atoms with E-state index >= 15 is 0 Å². The fraction of sp³-hybridized carbons (Fsp3) is 0.818. The highest BCUT2D eigenvalue weighted by Crippen LogP contribution is 2.17. The number of nitrogens with two attached hydrogens (primary N) is 1. The Morgan fingerprint density at radius 1 is 1.47 bits per heavy atom. The van der Waals surface area contributed by atoms with Gasteiger partial charge in [-0.1, -0.05) is 13.8 Å². The molecule has 3 N–H and O–H groups in total. The van der Waals surface area contributed by atoms with E-state index in [-0.39, 0.29) is 11.8 Å². The first kappa shape index (κ1) is 13.9. The van der Waals surface area contributed by atoms with Crippen LogP contribution in [0.2, 0.25) is 0 Å². The smallest absolute Gasteiger partial charge is 0.223 e. The summed E-state index contributed by atoms with van der Waals surface area (Å²) in [5, 5.41) is 2.70. The zero-order chi connectivity index (χ0) is 11.8. The number of carbonyl (C=O) groups excluding carboxylic acids is 1. The Balaban J connectivity index is 3.98. The summed E-state index contributed by atoms with van der Waals surface area (Å²) in [7, 11) is 1.68. The quantitative estimate of drug-likeness (QED) is 0.395. The molecule has 0 aromatic carbocycles. The number of hydrogen-bond donors (Lipinski definition) is 2. The molecule has 15 heavy (non-hydrogen) atoms. The molecule has 0 aromatic rings. The molecule has 0 aromatic heterocycles. The van der Waals surface area contributed by atoms with E-state index in [4.69, 9.17) is 5.73 Å². The number of amidine groups is 1. The van der Waals surface area contributed by atoms with E-state index in [9.17, 15) is 4.79 Å². The summed E-state index contributed by atoms with van der Waals surface area (Å²) in [4.78, 5) is 15.6. The summed E-state index contributed by atoms with van der Waals surface area (Å²) in [6.45, 7) is 6.62. The number of amides is 1. The van der Waals surface area contributed by atoms with Gasteiger partial charge >= 0.3 is 0 Å². The van der Waals surface area contributed by atoms with E-state index in [1.54, 1.807) is 14.0 Å². The van der Waals surface area contributed by atoms with Crippen LogP contribution in [0.4, 0.5) is 0 Å². The lowest BCUT2D eigenvalue weighted by Gasteiger charge is -2.18. The van der Waals surface area contributed by atoms with Crippen LogP contribution in [0.1, 0.15) is 33.6 Å². The van der Waals surface area contributed by atoms with Gasteiger partial charge in [-0.05, 0) is 25.7 Å². The maximum Gasteiger partial charge on any atom is 0.223 e. The first-order valence-corrected chi connectivity index (χ1v) is 5.47. The second-order valence-electron chi connectivity index (χ2n) is 4.13. The third-order valence-corrected chi connectivity index (χ3v) is 2.42. The van der Waals surface area contributed by atoms with Crippen LogP contribution in [-0.4, -0.2) is 25.3 Å². The molecule has 0 spiro atoms. The largest absolute Gasteiger partial charge is 0.388 e. The second kappa shape index (κ2) is 7.26. The van der Waals surface area contributed by atoms with Crippen molar-refractivity contribution in [3.05, 3.63) is 0 Å². The fourth-order valence-electron chi connectivity index (χ4n) is 1.52. The van der Waals surface area contributed by atoms with E-state index in [0.29, 0.717) is 18.3 Å². The summed E-state index contributed by atoms with van der Waals surface area (Å²) in [5.41, 5.74) is 5.43. The van der Waals surface area contributed by atoms with Gasteiger partial charge < -0.3 is 11.1 Å². The summed E-state index contributed by atoms with van der Waals surface area (Å²) in [5.74, 6) is 1.19. The first-order chi connectivity index (χ1) is 6.99. The molecule has 0 fully saturated rings. The monoisotopic (exact) mass is 213 g/mol. The number of rotatable bonds is 6. The van der Waals surface area contributed by atoms with Gasteiger partial charge in [0.2, 0.25) is 5.91 Å². The van der Waals surface area contributed by atoms with E-state index in [1.807, 2.05) is 0 Å². The number of nitrogens with zero attached hydrogens (tertiary/aromatic N) is 1. The lowest BCUT2D eigenvalue weighted by molar-refractivity contribution is -0.126. The van der Waals surface area contributed by atoms with Gasteiger partial charge in [-0.15, -0.1) is 0 Å². The number of nitrogens with one attached hydrogen (secondary N) is 1. The molecular weight excluding hydrogens is 190 g/mol. The molecule has 0 unspecified atom stereocenters. The predicted molar refractivity (Wildman–Crippen MR) is 63.8 cm³/mol. The molecule has 0 aliphatic rings. The van der Waals surface area contributed by atoms with Gasteiger partial charge in [-0.2, -0.15) is 0 Å². The minimum absolute atomic E-state index is 0.0864. The Morgan fingerprint density at radius 3 is 2.47 bits per heavy atom. The van der Waals surface area contributed by atoms with Crippen LogP contribution in [0.25, 0.3) is 0 Å². The molecule has 4 heteroatoms. The van der Waals surface area contributed by atoms with Crippen molar-refractivity contribution in [2.75, 3.05) is 13.6 Å². The van der Waals surface area contributed by atoms with Gasteiger partial charge in [0.05, 0.1) is 5.84 Å². The first-order valence-electron chi connectivity index (χ1n) is 5.47. The van der Waals surface area contributed by atoms with Crippen molar-refractivity contribution in [1.82, 2.24) is 5.32 Å². The lowest BCUT2D eigenvalue weighted by atomic mass is 9.90. The Morgan fingerprint density at radius 2 is 2.07 bits per heavy atom. The molecule has 88 valence electrons. The minimum atomic E-state index is 0.0864. The molecule has 0 radical (unpaired) electrons. The molecule has 0 aliphatic carbocycles. The Labute approximate surface area is 92.3 Å². The van der Waals surface area contributed by atoms with Crippen molar-refractivity contribution in [3.8, 4) is 0 Å². The molecule has 0 saturated heterocycles. The minimum Gasteiger partial charge on any atom is -0.388 e. The highest BCUT2D eigenvalue weighted by Gasteiger charge is 2.19. The standard InChI is InChI=1S/C11H23N3O/c1-8(2)10(11(15)13-4)6-5-7-14-9(3)12/h8,10H,5-7H2,1-4H3,(H2,12,14)(H,13,15)/t10-/m1/s1. The molecule has 1 amide bonds. The van der Waals surface area contributed by atoms with Crippen molar-refractivity contribution in [3.63, 3.8) is 0 Å². The average molecular weight is 213 g/mol. The molecular formula is C11H23N3O. The number of carbonyl (C=O) groups is 1. The van der Waals surface area contributed by atoms with Crippen molar-refractivity contribution in [1.29, 1.82) is 0 Å². The van der Waals surface area contributed by atoms with Gasteiger partial charge in [0.15, 0.2) is 0 Å². The van der Waals surface area contributed by atoms with Crippen molar-refractivity contribution in [2.24, 2.45) is 22.6 Å². The number of aliphatic imine (C=N–C) groups is 1. The van der Waals surface area contributed by atoms with Crippen molar-refractivity contribution < 1.29 is 4.79 Å². The van der Waals surface area contributed by atoms with Crippen LogP contribution in [-0.2, 0) is 4.79 Å². The highest BCUT2D eigenvalue weighted by atomic mass is 16.1. The molecule has 0 heterocycles. The Hall–Kier alpha value is -1.06. The lowest BCUT2D eigenvalue weighted by Crippen LogP contribution is -2.30. The van der Waals surface area contributed by atoms with Crippen LogP contribution in [0, 0.1) is 11.8 Å². The van der Waals surface area contributed by atoms with Crippen LogP contribution in [0.15, 0.2) is 4.99 Å². The highest BCUT2D eigenvalue weighted by molar-refractivity contribution is 5.78. The molecule has 0 bridgehead atoms. The van der Waals surface area contributed by atoms with E-state index < -0.39 is 0 Å². The molecule has 1 atom stereocenters. The van der Waals surface area contributed by atoms with Crippen molar-refractivity contribution >= 4 is 11.7 Å². The molecule has 0 saturated carbocycles. The Bertz CT molecular complexity index is 220. The fourth-order valence-corrected chi connectivity index (χ4v) is 1.52. The number of hydrogen-bond acceptors (Lipinski definition) is 2. The van der Waals surface area contributed by atoms with Gasteiger partial charge in [0.1, 0.15) is 0 Å². The maximum absolute atomic E-state index is 11.5. The topological polar surface area (TPSA) is 67.5 Å². The SMILES string of the molecule is CNC(=O)[C@H](CCCN=C(C)N)C(C)C. The Kier molecular flexibility index (Phi) is 6.75. The molecule has 4 nitrogen and oxygen atoms in total. The van der Waals surface area contributed by atoms with Gasteiger partial charge in [-0.3, -0.25) is 9.79 Å². The third kappa shape index (κ3) is 6.10. The van der Waals surface area contributed by atoms with Crippen LogP contribution in [0.3, 0.4) is 0 Å². The van der Waals surface area contributed by atoms with E-state index in [0.717, 1.165) is 12.8 Å². The maximum atomic E-state index is 11.5. The summed E-state index contributed by atoms with van der Waals surface area (Å²) < 4.78 is 0. The molecule has 0 aliphatic heterocycles. The van der Waals surface area contributed by atoms with Gasteiger partial charge in [-0.25, -0.2) is 0 Å². The summed E-state index contributed by atoms with van der Waals surface area (Å²) >= 11 is 0. The summed E-state index contributed by atoms with van der Waals surface area (Å²) in [6, 6.07) is 0. The van der Waals surface area contributed by atoms with Crippen LogP contribution >= 0.6 is 0 Å². The van der Waals surface area contributed by atoms with E-state index in [2.05, 4.69) is 24.2 Å². The van der Waals surface area contributed by atoms with Crippen molar-refractivity contribution in [2.45, 2.75) is 33.6 Å². The van der Waals surface area contributed by atoms with Crippen LogP contribution < -0.4 is 11.1 Å². The zero-order valence-electron chi connectivity index (χ0n) is 10.2. The zero-order valence-corrected chi connectivity index (χ0v) is 10.2. The normalized spacial score (nSPS) is 14.1. The third-order valence-electron chi connectivity index (χ3n) is 2.42. The van der Waals surface area contributed by atoms with Gasteiger partial charge in [0.25, 0.3) is 0 Å². The summed E-state index contributed by atoms with van der Waals surface area (Å²) in [6.07, 6.45) is 1.78. The second-order valence-corrected chi connectivity index (χ2v) is 4.13. The van der Waals surface area contributed by atoms with Crippen LogP contribution in [0.5, 0.6) is 0 Å². The van der Waals surface area contributed by atoms with Gasteiger partial charge in [0, 0.05) is 19.5 Å². The average Bonchev–Trinajstić information content (AvgIpc) is 2.15. The predicted octanol–water partition coefficient (Wildman–Crippen LogP) is 1.16. The van der Waals surface area contributed by atoms with E-state index in [1.165, 1.54) is 0 Å².